The highest BCUT2D eigenvalue weighted by Crippen LogP contribution is 2.30. The van der Waals surface area contributed by atoms with Gasteiger partial charge in [0.15, 0.2) is 0 Å². The van der Waals surface area contributed by atoms with Gasteiger partial charge in [0.25, 0.3) is 5.89 Å². The van der Waals surface area contributed by atoms with Gasteiger partial charge in [-0.1, -0.05) is 59.2 Å². The van der Waals surface area contributed by atoms with Crippen molar-refractivity contribution in [3.8, 4) is 28.5 Å². The molecule has 2 aromatic carbocycles. The average Bonchev–Trinajstić information content (AvgIpc) is 3.33. The van der Waals surface area contributed by atoms with Gasteiger partial charge in [0.1, 0.15) is 5.15 Å². The van der Waals surface area contributed by atoms with Crippen molar-refractivity contribution in [2.24, 2.45) is 0 Å². The third kappa shape index (κ3) is 3.21. The topological polar surface area (TPSA) is 60.0 Å². The first-order chi connectivity index (χ1) is 13.8. The van der Waals surface area contributed by atoms with E-state index in [-0.39, 0.29) is 0 Å². The number of hydrogen-bond acceptors (Lipinski definition) is 5. The van der Waals surface area contributed by atoms with E-state index in [9.17, 15) is 0 Å². The zero-order valence-corrected chi connectivity index (χ0v) is 15.9. The summed E-state index contributed by atoms with van der Waals surface area (Å²) in [5.41, 5.74) is 3.68. The lowest BCUT2D eigenvalue weighted by atomic mass is 10.1. The second-order valence-corrected chi connectivity index (χ2v) is 7.20. The molecule has 1 fully saturated rings. The molecule has 5 rings (SSSR count). The Balaban J connectivity index is 1.38. The number of benzene rings is 2. The van der Waals surface area contributed by atoms with Crippen LogP contribution in [0.5, 0.6) is 0 Å². The first-order valence-electron chi connectivity index (χ1n) is 9.22. The fraction of sp³-hybridized carbons (Fsp3) is 0.190. The van der Waals surface area contributed by atoms with E-state index in [0.29, 0.717) is 22.4 Å². The summed E-state index contributed by atoms with van der Waals surface area (Å²) in [7, 11) is 0. The number of rotatable bonds is 5. The van der Waals surface area contributed by atoms with Crippen molar-refractivity contribution in [3.63, 3.8) is 0 Å². The number of nitrogens with zero attached hydrogens (tertiary/aromatic N) is 5. The minimum atomic E-state index is 0.354. The normalized spacial score (nSPS) is 14.2. The van der Waals surface area contributed by atoms with Gasteiger partial charge in [0.2, 0.25) is 5.82 Å². The van der Waals surface area contributed by atoms with Gasteiger partial charge in [-0.05, 0) is 37.2 Å². The van der Waals surface area contributed by atoms with E-state index in [1.54, 1.807) is 10.9 Å². The van der Waals surface area contributed by atoms with Crippen LogP contribution in [-0.4, -0.2) is 37.9 Å². The molecule has 4 aromatic rings. The maximum Gasteiger partial charge on any atom is 0.263 e. The minimum Gasteiger partial charge on any atom is -0.333 e. The van der Waals surface area contributed by atoms with Crippen molar-refractivity contribution < 1.29 is 4.52 Å². The smallest absolute Gasteiger partial charge is 0.263 e. The molecule has 0 bridgehead atoms. The van der Waals surface area contributed by atoms with Gasteiger partial charge < -0.3 is 4.52 Å². The van der Waals surface area contributed by atoms with Gasteiger partial charge in [-0.3, -0.25) is 4.90 Å². The lowest BCUT2D eigenvalue weighted by molar-refractivity contribution is 0.172. The molecule has 1 aliphatic rings. The third-order valence-corrected chi connectivity index (χ3v) is 5.30. The summed E-state index contributed by atoms with van der Waals surface area (Å²) in [5, 5.41) is 8.90. The van der Waals surface area contributed by atoms with Gasteiger partial charge in [-0.15, -0.1) is 0 Å². The summed E-state index contributed by atoms with van der Waals surface area (Å²) in [6.07, 6.45) is 2.94. The van der Waals surface area contributed by atoms with Crippen LogP contribution >= 0.6 is 11.6 Å². The molecule has 1 aliphatic heterocycles. The van der Waals surface area contributed by atoms with Gasteiger partial charge in [0.05, 0.1) is 17.4 Å². The molecule has 0 saturated carbocycles. The molecular weight excluding hydrogens is 374 g/mol. The molecule has 1 saturated heterocycles. The largest absolute Gasteiger partial charge is 0.333 e. The predicted octanol–water partition coefficient (Wildman–Crippen LogP) is 4.45. The summed E-state index contributed by atoms with van der Waals surface area (Å²) in [6.45, 7) is 3.37. The summed E-state index contributed by atoms with van der Waals surface area (Å²) in [6, 6.07) is 18.0. The predicted molar refractivity (Wildman–Crippen MR) is 107 cm³/mol. The fourth-order valence-electron chi connectivity index (χ4n) is 3.23. The maximum absolute atomic E-state index is 6.51. The van der Waals surface area contributed by atoms with Gasteiger partial charge in [-0.2, -0.15) is 10.1 Å². The van der Waals surface area contributed by atoms with Crippen LogP contribution in [0.2, 0.25) is 5.15 Å². The first-order valence-corrected chi connectivity index (χ1v) is 9.60. The highest BCUT2D eigenvalue weighted by Gasteiger charge is 2.19. The first kappa shape index (κ1) is 17.2. The Kier molecular flexibility index (Phi) is 4.43. The van der Waals surface area contributed by atoms with E-state index in [1.807, 2.05) is 42.5 Å². The van der Waals surface area contributed by atoms with Crippen LogP contribution in [0.25, 0.3) is 28.5 Å². The van der Waals surface area contributed by atoms with E-state index < -0.39 is 0 Å². The van der Waals surface area contributed by atoms with Crippen LogP contribution in [0.3, 0.4) is 0 Å². The summed E-state index contributed by atoms with van der Waals surface area (Å²) in [5.74, 6) is 0.890. The Morgan fingerprint density at radius 2 is 1.79 bits per heavy atom. The number of para-hydroxylation sites is 1. The maximum atomic E-state index is 6.51. The SMILES string of the molecule is Clc1c(-c2nc(-c3ccc(CN4CCC4)cc3)no2)cnn1-c1ccccc1. The second kappa shape index (κ2) is 7.22. The molecule has 2 aromatic heterocycles. The Hall–Kier alpha value is -2.96. The van der Waals surface area contributed by atoms with E-state index in [1.165, 1.54) is 25.1 Å². The van der Waals surface area contributed by atoms with Crippen molar-refractivity contribution in [1.29, 1.82) is 0 Å². The standard InChI is InChI=1S/C21H18ClN5O/c22-19-18(13-23-27(19)17-5-2-1-3-6-17)21-24-20(25-28-21)16-9-7-15(8-10-16)14-26-11-4-12-26/h1-3,5-10,13H,4,11-12,14H2. The van der Waals surface area contributed by atoms with Crippen LogP contribution < -0.4 is 0 Å². The van der Waals surface area contributed by atoms with Crippen LogP contribution in [0.1, 0.15) is 12.0 Å². The minimum absolute atomic E-state index is 0.354. The number of hydrogen-bond donors (Lipinski definition) is 0. The number of aromatic nitrogens is 4. The highest BCUT2D eigenvalue weighted by molar-refractivity contribution is 6.32. The molecule has 0 amide bonds. The summed E-state index contributed by atoms with van der Waals surface area (Å²) in [4.78, 5) is 6.94. The quantitative estimate of drug-likeness (QED) is 0.503. The van der Waals surface area contributed by atoms with E-state index >= 15 is 0 Å². The van der Waals surface area contributed by atoms with Crippen molar-refractivity contribution in [3.05, 3.63) is 71.5 Å². The second-order valence-electron chi connectivity index (χ2n) is 6.85. The van der Waals surface area contributed by atoms with E-state index in [0.717, 1.165) is 17.8 Å². The van der Waals surface area contributed by atoms with Crippen molar-refractivity contribution in [2.45, 2.75) is 13.0 Å². The molecule has 3 heterocycles. The molecule has 0 radical (unpaired) electrons. The fourth-order valence-corrected chi connectivity index (χ4v) is 3.50. The Morgan fingerprint density at radius 3 is 2.50 bits per heavy atom. The van der Waals surface area contributed by atoms with Crippen LogP contribution in [0, 0.1) is 0 Å². The Labute approximate surface area is 167 Å². The zero-order chi connectivity index (χ0) is 18.9. The van der Waals surface area contributed by atoms with Crippen molar-refractivity contribution in [1.82, 2.24) is 24.8 Å². The Bertz CT molecular complexity index is 1080. The molecule has 7 heteroatoms. The molecule has 0 aliphatic carbocycles. The lowest BCUT2D eigenvalue weighted by Crippen LogP contribution is -2.36. The number of likely N-dealkylation sites (tertiary alicyclic amines) is 1. The molecule has 6 nitrogen and oxygen atoms in total. The van der Waals surface area contributed by atoms with E-state index in [2.05, 4.69) is 32.3 Å². The van der Waals surface area contributed by atoms with Crippen LogP contribution in [-0.2, 0) is 6.54 Å². The van der Waals surface area contributed by atoms with Crippen molar-refractivity contribution >= 4 is 11.6 Å². The van der Waals surface area contributed by atoms with Gasteiger partial charge in [-0.25, -0.2) is 4.68 Å². The van der Waals surface area contributed by atoms with Gasteiger partial charge >= 0.3 is 0 Å². The molecule has 0 unspecified atom stereocenters. The van der Waals surface area contributed by atoms with Crippen molar-refractivity contribution in [2.75, 3.05) is 13.1 Å². The average molecular weight is 392 g/mol. The molecule has 28 heavy (non-hydrogen) atoms. The number of halogens is 1. The molecule has 0 atom stereocenters. The van der Waals surface area contributed by atoms with E-state index in [4.69, 9.17) is 16.1 Å². The summed E-state index contributed by atoms with van der Waals surface area (Å²) >= 11 is 6.51. The molecule has 0 N–H and O–H groups in total. The van der Waals surface area contributed by atoms with Crippen LogP contribution in [0.15, 0.2) is 65.3 Å². The zero-order valence-electron chi connectivity index (χ0n) is 15.1. The van der Waals surface area contributed by atoms with Crippen LogP contribution in [0.4, 0.5) is 0 Å². The monoisotopic (exact) mass is 391 g/mol. The third-order valence-electron chi connectivity index (χ3n) is 4.93. The lowest BCUT2D eigenvalue weighted by Gasteiger charge is -2.30. The Morgan fingerprint density at radius 1 is 1.00 bits per heavy atom. The molecule has 0 spiro atoms. The molecule has 140 valence electrons. The molecular formula is C21H18ClN5O. The summed E-state index contributed by atoms with van der Waals surface area (Å²) < 4.78 is 7.09. The highest BCUT2D eigenvalue weighted by atomic mass is 35.5. The van der Waals surface area contributed by atoms with Gasteiger partial charge in [0, 0.05) is 12.1 Å².